The van der Waals surface area contributed by atoms with E-state index in [4.69, 9.17) is 16.3 Å². The van der Waals surface area contributed by atoms with Crippen LogP contribution in [-0.4, -0.2) is 18.8 Å². The molecule has 1 unspecified atom stereocenters. The number of benzene rings is 2. The van der Waals surface area contributed by atoms with Crippen LogP contribution < -0.4 is 10.1 Å². The van der Waals surface area contributed by atoms with E-state index in [1.54, 1.807) is 55.6 Å². The molecule has 1 amide bonds. The predicted octanol–water partition coefficient (Wildman–Crippen LogP) is 3.41. The van der Waals surface area contributed by atoms with E-state index in [0.29, 0.717) is 21.9 Å². The average molecular weight is 318 g/mol. The fraction of sp³-hybridized carbons (Fsp3) is 0.176. The van der Waals surface area contributed by atoms with Crippen LogP contribution in [0.3, 0.4) is 0 Å². The number of nitrogens with one attached hydrogen (secondary N) is 1. The Morgan fingerprint density at radius 3 is 2.14 bits per heavy atom. The van der Waals surface area contributed by atoms with Crippen molar-refractivity contribution in [3.05, 3.63) is 64.7 Å². The molecule has 0 bridgehead atoms. The lowest BCUT2D eigenvalue weighted by Gasteiger charge is -2.17. The number of carbonyl (C=O) groups is 2. The van der Waals surface area contributed by atoms with E-state index < -0.39 is 6.04 Å². The Bertz CT molecular complexity index is 665. The molecule has 5 heteroatoms. The second-order valence-electron chi connectivity index (χ2n) is 4.78. The van der Waals surface area contributed by atoms with Gasteiger partial charge in [-0.1, -0.05) is 23.7 Å². The highest BCUT2D eigenvalue weighted by atomic mass is 35.5. The van der Waals surface area contributed by atoms with E-state index in [9.17, 15) is 9.59 Å². The quantitative estimate of drug-likeness (QED) is 0.860. The first-order chi connectivity index (χ1) is 10.5. The van der Waals surface area contributed by atoms with E-state index in [1.165, 1.54) is 6.92 Å². The summed E-state index contributed by atoms with van der Waals surface area (Å²) in [5.41, 5.74) is 1.18. The molecule has 114 valence electrons. The zero-order valence-electron chi connectivity index (χ0n) is 12.3. The molecule has 0 fully saturated rings. The van der Waals surface area contributed by atoms with Gasteiger partial charge in [-0.15, -0.1) is 0 Å². The largest absolute Gasteiger partial charge is 0.497 e. The van der Waals surface area contributed by atoms with E-state index >= 15 is 0 Å². The number of rotatable bonds is 5. The zero-order chi connectivity index (χ0) is 16.1. The number of halogens is 1. The first-order valence-corrected chi connectivity index (χ1v) is 7.10. The van der Waals surface area contributed by atoms with Crippen LogP contribution in [0.4, 0.5) is 0 Å². The fourth-order valence-electron chi connectivity index (χ4n) is 2.08. The summed E-state index contributed by atoms with van der Waals surface area (Å²) < 4.78 is 5.10. The van der Waals surface area contributed by atoms with Crippen LogP contribution in [0.25, 0.3) is 0 Å². The molecule has 0 heterocycles. The van der Waals surface area contributed by atoms with Crippen LogP contribution in [0, 0.1) is 0 Å². The minimum Gasteiger partial charge on any atom is -0.497 e. The van der Waals surface area contributed by atoms with Crippen molar-refractivity contribution in [2.75, 3.05) is 7.11 Å². The van der Waals surface area contributed by atoms with Gasteiger partial charge in [0, 0.05) is 17.5 Å². The average Bonchev–Trinajstić information content (AvgIpc) is 2.53. The van der Waals surface area contributed by atoms with Crippen LogP contribution in [0.2, 0.25) is 5.02 Å². The van der Waals surface area contributed by atoms with Crippen molar-refractivity contribution in [2.45, 2.75) is 13.0 Å². The molecule has 2 rings (SSSR count). The third kappa shape index (κ3) is 3.86. The van der Waals surface area contributed by atoms with Gasteiger partial charge in [-0.25, -0.2) is 0 Å². The SMILES string of the molecule is COc1ccc(C(NC(C)=O)C(=O)c2ccc(Cl)cc2)cc1. The molecule has 2 aromatic carbocycles. The maximum Gasteiger partial charge on any atom is 0.217 e. The van der Waals surface area contributed by atoms with Crippen LogP contribution in [-0.2, 0) is 4.79 Å². The highest BCUT2D eigenvalue weighted by Gasteiger charge is 2.23. The van der Waals surface area contributed by atoms with Gasteiger partial charge >= 0.3 is 0 Å². The van der Waals surface area contributed by atoms with Crippen LogP contribution in [0.5, 0.6) is 5.75 Å². The number of methoxy groups -OCH3 is 1. The Balaban J connectivity index is 2.33. The highest BCUT2D eigenvalue weighted by Crippen LogP contribution is 2.22. The standard InChI is InChI=1S/C17H16ClNO3/c1-11(20)19-16(12-5-9-15(22-2)10-6-12)17(21)13-3-7-14(18)8-4-13/h3-10,16H,1-2H3,(H,19,20). The van der Waals surface area contributed by atoms with Gasteiger partial charge in [-0.2, -0.15) is 0 Å². The second-order valence-corrected chi connectivity index (χ2v) is 5.21. The summed E-state index contributed by atoms with van der Waals surface area (Å²) in [5, 5.41) is 3.24. The smallest absolute Gasteiger partial charge is 0.217 e. The number of hydrogen-bond donors (Lipinski definition) is 1. The molecule has 0 aromatic heterocycles. The predicted molar refractivity (Wildman–Crippen MR) is 85.3 cm³/mol. The molecule has 1 atom stereocenters. The Kier molecular flexibility index (Phi) is 5.17. The van der Waals surface area contributed by atoms with Crippen molar-refractivity contribution >= 4 is 23.3 Å². The molecule has 0 saturated carbocycles. The van der Waals surface area contributed by atoms with Crippen molar-refractivity contribution in [3.63, 3.8) is 0 Å². The Morgan fingerprint density at radius 2 is 1.64 bits per heavy atom. The summed E-state index contributed by atoms with van der Waals surface area (Å²) in [7, 11) is 1.57. The van der Waals surface area contributed by atoms with Crippen molar-refractivity contribution < 1.29 is 14.3 Å². The van der Waals surface area contributed by atoms with Gasteiger partial charge in [0.1, 0.15) is 11.8 Å². The van der Waals surface area contributed by atoms with E-state index in [2.05, 4.69) is 5.32 Å². The highest BCUT2D eigenvalue weighted by molar-refractivity contribution is 6.30. The maximum atomic E-state index is 12.7. The van der Waals surface area contributed by atoms with Crippen LogP contribution in [0.1, 0.15) is 28.9 Å². The summed E-state index contributed by atoms with van der Waals surface area (Å²) in [6.07, 6.45) is 0. The van der Waals surface area contributed by atoms with Crippen molar-refractivity contribution in [3.8, 4) is 5.75 Å². The number of carbonyl (C=O) groups excluding carboxylic acids is 2. The number of ketones is 1. The first-order valence-electron chi connectivity index (χ1n) is 6.72. The van der Waals surface area contributed by atoms with Gasteiger partial charge in [0.05, 0.1) is 7.11 Å². The van der Waals surface area contributed by atoms with Gasteiger partial charge in [0.15, 0.2) is 5.78 Å². The lowest BCUT2D eigenvalue weighted by atomic mass is 9.97. The molecule has 0 aliphatic heterocycles. The zero-order valence-corrected chi connectivity index (χ0v) is 13.1. The van der Waals surface area contributed by atoms with Gasteiger partial charge in [0.25, 0.3) is 0 Å². The molecule has 0 radical (unpaired) electrons. The molecular formula is C17H16ClNO3. The minimum absolute atomic E-state index is 0.197. The van der Waals surface area contributed by atoms with Gasteiger partial charge < -0.3 is 10.1 Å². The molecule has 4 nitrogen and oxygen atoms in total. The van der Waals surface area contributed by atoms with Crippen LogP contribution >= 0.6 is 11.6 Å². The Morgan fingerprint density at radius 1 is 1.05 bits per heavy atom. The third-order valence-electron chi connectivity index (χ3n) is 3.19. The van der Waals surface area contributed by atoms with E-state index in [0.717, 1.165) is 0 Å². The molecule has 1 N–H and O–H groups in total. The molecule has 0 aliphatic rings. The monoisotopic (exact) mass is 317 g/mol. The topological polar surface area (TPSA) is 55.4 Å². The van der Waals surface area contributed by atoms with Crippen LogP contribution in [0.15, 0.2) is 48.5 Å². The molecule has 0 aliphatic carbocycles. The Hall–Kier alpha value is -2.33. The number of Topliss-reactive ketones (excluding diaryl/α,β-unsaturated/α-hetero) is 1. The summed E-state index contributed by atoms with van der Waals surface area (Å²) in [6.45, 7) is 1.38. The second kappa shape index (κ2) is 7.09. The van der Waals surface area contributed by atoms with Gasteiger partial charge in [-0.05, 0) is 42.0 Å². The van der Waals surface area contributed by atoms with Crippen molar-refractivity contribution in [1.82, 2.24) is 5.32 Å². The summed E-state index contributed by atoms with van der Waals surface area (Å²) in [5.74, 6) is 0.212. The summed E-state index contributed by atoms with van der Waals surface area (Å²) in [6, 6.07) is 12.8. The number of hydrogen-bond acceptors (Lipinski definition) is 3. The van der Waals surface area contributed by atoms with Gasteiger partial charge in [0.2, 0.25) is 5.91 Å². The number of ether oxygens (including phenoxy) is 1. The first kappa shape index (κ1) is 16.0. The molecule has 22 heavy (non-hydrogen) atoms. The lowest BCUT2D eigenvalue weighted by molar-refractivity contribution is -0.119. The normalized spacial score (nSPS) is 11.6. The molecule has 2 aromatic rings. The third-order valence-corrected chi connectivity index (χ3v) is 3.44. The van der Waals surface area contributed by atoms with Gasteiger partial charge in [-0.3, -0.25) is 9.59 Å². The number of amides is 1. The van der Waals surface area contributed by atoms with E-state index in [-0.39, 0.29) is 11.7 Å². The maximum absolute atomic E-state index is 12.7. The fourth-order valence-corrected chi connectivity index (χ4v) is 2.21. The van der Waals surface area contributed by atoms with Crippen molar-refractivity contribution in [2.24, 2.45) is 0 Å². The minimum atomic E-state index is -0.746. The lowest BCUT2D eigenvalue weighted by Crippen LogP contribution is -2.32. The molecule has 0 spiro atoms. The molecule has 0 saturated heterocycles. The summed E-state index contributed by atoms with van der Waals surface area (Å²) in [4.78, 5) is 24.1. The summed E-state index contributed by atoms with van der Waals surface area (Å²) >= 11 is 5.84. The Labute approximate surface area is 134 Å². The van der Waals surface area contributed by atoms with Crippen molar-refractivity contribution in [1.29, 1.82) is 0 Å². The molecular weight excluding hydrogens is 302 g/mol. The van der Waals surface area contributed by atoms with E-state index in [1.807, 2.05) is 0 Å².